The van der Waals surface area contributed by atoms with Gasteiger partial charge in [0.2, 0.25) is 5.91 Å². The Balaban J connectivity index is 1.90. The molecule has 0 bridgehead atoms. The highest BCUT2D eigenvalue weighted by molar-refractivity contribution is 5.93. The molecule has 1 aliphatic heterocycles. The van der Waals surface area contributed by atoms with Crippen molar-refractivity contribution in [1.29, 1.82) is 0 Å². The molecule has 2 unspecified atom stereocenters. The van der Waals surface area contributed by atoms with E-state index in [1.54, 1.807) is 0 Å². The van der Waals surface area contributed by atoms with E-state index >= 15 is 0 Å². The number of hydrogen-bond donors (Lipinski definition) is 2. The molecule has 0 aliphatic carbocycles. The summed E-state index contributed by atoms with van der Waals surface area (Å²) in [7, 11) is 0. The van der Waals surface area contributed by atoms with Crippen LogP contribution in [0.25, 0.3) is 0 Å². The van der Waals surface area contributed by atoms with Crippen LogP contribution in [-0.4, -0.2) is 38.3 Å². The smallest absolute Gasteiger partial charge is 0.231 e. The lowest BCUT2D eigenvalue weighted by Gasteiger charge is -2.18. The van der Waals surface area contributed by atoms with Crippen molar-refractivity contribution in [2.24, 2.45) is 5.92 Å². The largest absolute Gasteiger partial charge is 0.494 e. The first-order valence-electron chi connectivity index (χ1n) is 7.59. The van der Waals surface area contributed by atoms with Gasteiger partial charge < -0.3 is 20.1 Å². The fourth-order valence-electron chi connectivity index (χ4n) is 2.38. The molecular formula is C16H24N2O3. The van der Waals surface area contributed by atoms with Crippen molar-refractivity contribution in [3.05, 3.63) is 24.3 Å². The molecule has 116 valence electrons. The van der Waals surface area contributed by atoms with Crippen molar-refractivity contribution in [2.75, 3.05) is 31.7 Å². The van der Waals surface area contributed by atoms with Gasteiger partial charge in [-0.05, 0) is 44.2 Å². The van der Waals surface area contributed by atoms with E-state index in [1.165, 1.54) is 0 Å². The average Bonchev–Trinajstić information content (AvgIpc) is 2.96. The lowest BCUT2D eigenvalue weighted by atomic mass is 10.0. The molecule has 1 aromatic carbocycles. The van der Waals surface area contributed by atoms with Gasteiger partial charge in [0.1, 0.15) is 5.75 Å². The van der Waals surface area contributed by atoms with Crippen molar-refractivity contribution < 1.29 is 14.3 Å². The number of ether oxygens (including phenoxy) is 2. The lowest BCUT2D eigenvalue weighted by Crippen LogP contribution is -2.41. The SMILES string of the molecule is CCCNC1COCC1C(=O)Nc1ccc(OCC)cc1. The summed E-state index contributed by atoms with van der Waals surface area (Å²) in [5, 5.41) is 6.31. The van der Waals surface area contributed by atoms with Crippen LogP contribution in [0.15, 0.2) is 24.3 Å². The first-order chi connectivity index (χ1) is 10.2. The zero-order chi connectivity index (χ0) is 15.1. The molecule has 0 spiro atoms. The topological polar surface area (TPSA) is 59.6 Å². The molecule has 5 nitrogen and oxygen atoms in total. The van der Waals surface area contributed by atoms with Crippen LogP contribution in [0.5, 0.6) is 5.75 Å². The summed E-state index contributed by atoms with van der Waals surface area (Å²) in [6, 6.07) is 7.53. The third kappa shape index (κ3) is 4.44. The molecule has 0 aromatic heterocycles. The Morgan fingerprint density at radius 2 is 2.05 bits per heavy atom. The molecule has 21 heavy (non-hydrogen) atoms. The highest BCUT2D eigenvalue weighted by Crippen LogP contribution is 2.19. The number of nitrogens with one attached hydrogen (secondary N) is 2. The van der Waals surface area contributed by atoms with Gasteiger partial charge in [-0.15, -0.1) is 0 Å². The van der Waals surface area contributed by atoms with Crippen LogP contribution >= 0.6 is 0 Å². The summed E-state index contributed by atoms with van der Waals surface area (Å²) in [5.41, 5.74) is 0.782. The van der Waals surface area contributed by atoms with E-state index in [0.29, 0.717) is 19.8 Å². The Hall–Kier alpha value is -1.59. The van der Waals surface area contributed by atoms with Crippen molar-refractivity contribution in [1.82, 2.24) is 5.32 Å². The number of carbonyl (C=O) groups excluding carboxylic acids is 1. The van der Waals surface area contributed by atoms with E-state index in [-0.39, 0.29) is 17.9 Å². The van der Waals surface area contributed by atoms with Crippen LogP contribution < -0.4 is 15.4 Å². The Morgan fingerprint density at radius 3 is 2.71 bits per heavy atom. The van der Waals surface area contributed by atoms with Crippen molar-refractivity contribution in [2.45, 2.75) is 26.3 Å². The van der Waals surface area contributed by atoms with Gasteiger partial charge in [-0.25, -0.2) is 0 Å². The van der Waals surface area contributed by atoms with E-state index < -0.39 is 0 Å². The zero-order valence-corrected chi connectivity index (χ0v) is 12.7. The monoisotopic (exact) mass is 292 g/mol. The van der Waals surface area contributed by atoms with Crippen molar-refractivity contribution in [3.63, 3.8) is 0 Å². The van der Waals surface area contributed by atoms with Gasteiger partial charge in [0.05, 0.1) is 25.7 Å². The average molecular weight is 292 g/mol. The minimum Gasteiger partial charge on any atom is -0.494 e. The van der Waals surface area contributed by atoms with E-state index in [9.17, 15) is 4.79 Å². The minimum absolute atomic E-state index is 0.00487. The van der Waals surface area contributed by atoms with E-state index in [0.717, 1.165) is 24.4 Å². The molecule has 2 N–H and O–H groups in total. The van der Waals surface area contributed by atoms with Crippen molar-refractivity contribution in [3.8, 4) is 5.75 Å². The predicted molar refractivity (Wildman–Crippen MR) is 82.6 cm³/mol. The standard InChI is InChI=1S/C16H24N2O3/c1-3-9-17-15-11-20-10-14(15)16(19)18-12-5-7-13(8-6-12)21-4-2/h5-8,14-15,17H,3-4,9-11H2,1-2H3,(H,18,19). The molecular weight excluding hydrogens is 268 g/mol. The Morgan fingerprint density at radius 1 is 1.29 bits per heavy atom. The number of hydrogen-bond acceptors (Lipinski definition) is 4. The molecule has 1 fully saturated rings. The minimum atomic E-state index is -0.136. The normalized spacial score (nSPS) is 21.2. The fraction of sp³-hybridized carbons (Fsp3) is 0.562. The molecule has 1 heterocycles. The molecule has 2 rings (SSSR count). The first-order valence-corrected chi connectivity index (χ1v) is 7.59. The summed E-state index contributed by atoms with van der Waals surface area (Å²) in [5.74, 6) is 0.676. The quantitative estimate of drug-likeness (QED) is 0.807. The summed E-state index contributed by atoms with van der Waals surface area (Å²) in [6.45, 7) is 6.67. The maximum Gasteiger partial charge on any atom is 0.231 e. The maximum absolute atomic E-state index is 12.3. The van der Waals surface area contributed by atoms with Gasteiger partial charge in [-0.1, -0.05) is 6.92 Å². The Bertz CT molecular complexity index is 447. The molecule has 1 aromatic rings. The highest BCUT2D eigenvalue weighted by atomic mass is 16.5. The second-order valence-corrected chi connectivity index (χ2v) is 5.15. The second kappa shape index (κ2) is 8.00. The Kier molecular flexibility index (Phi) is 6.02. The molecule has 1 amide bonds. The van der Waals surface area contributed by atoms with Crippen LogP contribution in [-0.2, 0) is 9.53 Å². The van der Waals surface area contributed by atoms with E-state index in [2.05, 4.69) is 17.6 Å². The van der Waals surface area contributed by atoms with Gasteiger partial charge in [-0.3, -0.25) is 4.79 Å². The van der Waals surface area contributed by atoms with Gasteiger partial charge in [0.25, 0.3) is 0 Å². The number of amides is 1. The number of rotatable bonds is 7. The summed E-state index contributed by atoms with van der Waals surface area (Å²) in [4.78, 5) is 12.3. The Labute approximate surface area is 126 Å². The molecule has 5 heteroatoms. The van der Waals surface area contributed by atoms with Crippen LogP contribution in [0.1, 0.15) is 20.3 Å². The summed E-state index contributed by atoms with van der Waals surface area (Å²) >= 11 is 0. The van der Waals surface area contributed by atoms with Gasteiger partial charge in [-0.2, -0.15) is 0 Å². The first kappa shape index (κ1) is 15.8. The van der Waals surface area contributed by atoms with Gasteiger partial charge >= 0.3 is 0 Å². The molecule has 2 atom stereocenters. The molecule has 1 aliphatic rings. The molecule has 1 saturated heterocycles. The number of benzene rings is 1. The number of carbonyl (C=O) groups is 1. The van der Waals surface area contributed by atoms with Crippen LogP contribution in [0.4, 0.5) is 5.69 Å². The molecule has 0 radical (unpaired) electrons. The van der Waals surface area contributed by atoms with Crippen LogP contribution in [0.2, 0.25) is 0 Å². The third-order valence-corrected chi connectivity index (χ3v) is 3.51. The van der Waals surface area contributed by atoms with Crippen LogP contribution in [0.3, 0.4) is 0 Å². The van der Waals surface area contributed by atoms with Gasteiger partial charge in [0.15, 0.2) is 0 Å². The summed E-state index contributed by atoms with van der Waals surface area (Å²) in [6.07, 6.45) is 1.05. The van der Waals surface area contributed by atoms with Gasteiger partial charge in [0, 0.05) is 11.7 Å². The lowest BCUT2D eigenvalue weighted by molar-refractivity contribution is -0.120. The zero-order valence-electron chi connectivity index (χ0n) is 12.7. The van der Waals surface area contributed by atoms with Crippen LogP contribution in [0, 0.1) is 5.92 Å². The summed E-state index contributed by atoms with van der Waals surface area (Å²) < 4.78 is 10.8. The third-order valence-electron chi connectivity index (χ3n) is 3.51. The fourth-order valence-corrected chi connectivity index (χ4v) is 2.38. The van der Waals surface area contributed by atoms with E-state index in [4.69, 9.17) is 9.47 Å². The highest BCUT2D eigenvalue weighted by Gasteiger charge is 2.33. The van der Waals surface area contributed by atoms with E-state index in [1.807, 2.05) is 31.2 Å². The number of anilines is 1. The van der Waals surface area contributed by atoms with Crippen molar-refractivity contribution >= 4 is 11.6 Å². The second-order valence-electron chi connectivity index (χ2n) is 5.15. The maximum atomic E-state index is 12.3. The predicted octanol–water partition coefficient (Wildman–Crippen LogP) is 2.04. The molecule has 0 saturated carbocycles.